The standard InChI is InChI=1S/C19H25NO3/c1-14(2)22-17-9-7-8-16(12-17)20-13-15(3)23-19-11-6-5-10-18(19)21-4/h5-12,14-15,20H,13H2,1-4H3/t15-/m0/s1. The van der Waals surface area contributed by atoms with E-state index in [0.717, 1.165) is 22.9 Å². The van der Waals surface area contributed by atoms with Crippen molar-refractivity contribution in [3.05, 3.63) is 48.5 Å². The highest BCUT2D eigenvalue weighted by atomic mass is 16.5. The van der Waals surface area contributed by atoms with Crippen LogP contribution in [0, 0.1) is 0 Å². The van der Waals surface area contributed by atoms with E-state index in [-0.39, 0.29) is 12.2 Å². The molecule has 0 amide bonds. The molecule has 1 atom stereocenters. The SMILES string of the molecule is COc1ccccc1O[C@@H](C)CNc1cccc(OC(C)C)c1. The molecule has 1 N–H and O–H groups in total. The van der Waals surface area contributed by atoms with Gasteiger partial charge in [-0.1, -0.05) is 18.2 Å². The van der Waals surface area contributed by atoms with Crippen molar-refractivity contribution < 1.29 is 14.2 Å². The molecule has 4 nitrogen and oxygen atoms in total. The van der Waals surface area contributed by atoms with E-state index >= 15 is 0 Å². The summed E-state index contributed by atoms with van der Waals surface area (Å²) < 4.78 is 16.9. The molecule has 0 radical (unpaired) electrons. The molecule has 2 aromatic carbocycles. The van der Waals surface area contributed by atoms with Crippen molar-refractivity contribution in [3.8, 4) is 17.2 Å². The van der Waals surface area contributed by atoms with E-state index in [9.17, 15) is 0 Å². The fraction of sp³-hybridized carbons (Fsp3) is 0.368. The third-order valence-corrected chi connectivity index (χ3v) is 3.20. The van der Waals surface area contributed by atoms with Gasteiger partial charge in [0.15, 0.2) is 11.5 Å². The summed E-state index contributed by atoms with van der Waals surface area (Å²) in [5.74, 6) is 2.36. The minimum absolute atomic E-state index is 0.000901. The van der Waals surface area contributed by atoms with Crippen molar-refractivity contribution in [2.24, 2.45) is 0 Å². The molecule has 0 fully saturated rings. The van der Waals surface area contributed by atoms with Gasteiger partial charge in [0, 0.05) is 11.8 Å². The highest BCUT2D eigenvalue weighted by Gasteiger charge is 2.08. The molecule has 4 heteroatoms. The molecule has 0 aliphatic carbocycles. The van der Waals surface area contributed by atoms with Crippen LogP contribution < -0.4 is 19.5 Å². The quantitative estimate of drug-likeness (QED) is 0.785. The number of ether oxygens (including phenoxy) is 3. The van der Waals surface area contributed by atoms with E-state index in [0.29, 0.717) is 6.54 Å². The number of para-hydroxylation sites is 2. The van der Waals surface area contributed by atoms with Crippen molar-refractivity contribution in [1.29, 1.82) is 0 Å². The Hall–Kier alpha value is -2.36. The van der Waals surface area contributed by atoms with E-state index in [2.05, 4.69) is 5.32 Å². The molecule has 0 aliphatic rings. The number of nitrogens with one attached hydrogen (secondary N) is 1. The molecule has 0 spiro atoms. The number of methoxy groups -OCH3 is 1. The second-order valence-corrected chi connectivity index (χ2v) is 5.65. The summed E-state index contributed by atoms with van der Waals surface area (Å²) in [7, 11) is 1.64. The van der Waals surface area contributed by atoms with Crippen LogP contribution >= 0.6 is 0 Å². The van der Waals surface area contributed by atoms with Crippen molar-refractivity contribution in [3.63, 3.8) is 0 Å². The summed E-state index contributed by atoms with van der Waals surface area (Å²) in [5, 5.41) is 3.37. The van der Waals surface area contributed by atoms with Gasteiger partial charge in [-0.15, -0.1) is 0 Å². The van der Waals surface area contributed by atoms with E-state index in [1.165, 1.54) is 0 Å². The average Bonchev–Trinajstić information content (AvgIpc) is 2.53. The second kappa shape index (κ2) is 8.32. The molecule has 0 aromatic heterocycles. The van der Waals surface area contributed by atoms with Gasteiger partial charge >= 0.3 is 0 Å². The van der Waals surface area contributed by atoms with Crippen LogP contribution in [0.25, 0.3) is 0 Å². The van der Waals surface area contributed by atoms with Gasteiger partial charge in [0.2, 0.25) is 0 Å². The molecular formula is C19H25NO3. The monoisotopic (exact) mass is 315 g/mol. The summed E-state index contributed by atoms with van der Waals surface area (Å²) >= 11 is 0. The van der Waals surface area contributed by atoms with Gasteiger partial charge in [-0.05, 0) is 45.0 Å². The first-order valence-electron chi connectivity index (χ1n) is 7.88. The van der Waals surface area contributed by atoms with E-state index in [1.807, 2.05) is 69.3 Å². The zero-order valence-electron chi connectivity index (χ0n) is 14.2. The van der Waals surface area contributed by atoms with Gasteiger partial charge in [0.1, 0.15) is 11.9 Å². The summed E-state index contributed by atoms with van der Waals surface area (Å²) in [6.07, 6.45) is 0.166. The molecule has 124 valence electrons. The van der Waals surface area contributed by atoms with Gasteiger partial charge in [-0.25, -0.2) is 0 Å². The predicted molar refractivity (Wildman–Crippen MR) is 93.8 cm³/mol. The lowest BCUT2D eigenvalue weighted by Crippen LogP contribution is -2.22. The number of hydrogen-bond acceptors (Lipinski definition) is 4. The first-order valence-corrected chi connectivity index (χ1v) is 7.88. The summed E-state index contributed by atoms with van der Waals surface area (Å²) in [6.45, 7) is 6.74. The molecule has 2 rings (SSSR count). The Labute approximate surface area is 138 Å². The molecule has 0 bridgehead atoms. The van der Waals surface area contributed by atoms with Gasteiger partial charge in [-0.2, -0.15) is 0 Å². The average molecular weight is 315 g/mol. The van der Waals surface area contributed by atoms with Crippen molar-refractivity contribution in [2.75, 3.05) is 19.0 Å². The van der Waals surface area contributed by atoms with Crippen LogP contribution in [0.1, 0.15) is 20.8 Å². The Morgan fingerprint density at radius 1 is 0.913 bits per heavy atom. The molecule has 0 saturated carbocycles. The molecule has 0 heterocycles. The first kappa shape index (κ1) is 17.0. The zero-order chi connectivity index (χ0) is 16.7. The maximum Gasteiger partial charge on any atom is 0.161 e. The van der Waals surface area contributed by atoms with Gasteiger partial charge < -0.3 is 19.5 Å². The van der Waals surface area contributed by atoms with Crippen LogP contribution in [-0.2, 0) is 0 Å². The van der Waals surface area contributed by atoms with Crippen molar-refractivity contribution in [2.45, 2.75) is 33.0 Å². The summed E-state index contributed by atoms with van der Waals surface area (Å²) in [4.78, 5) is 0. The lowest BCUT2D eigenvalue weighted by atomic mass is 10.2. The lowest BCUT2D eigenvalue weighted by Gasteiger charge is -2.18. The largest absolute Gasteiger partial charge is 0.493 e. The van der Waals surface area contributed by atoms with E-state index < -0.39 is 0 Å². The van der Waals surface area contributed by atoms with Gasteiger partial charge in [0.05, 0.1) is 19.8 Å². The maximum absolute atomic E-state index is 5.93. The lowest BCUT2D eigenvalue weighted by molar-refractivity contribution is 0.223. The number of hydrogen-bond donors (Lipinski definition) is 1. The minimum Gasteiger partial charge on any atom is -0.493 e. The molecule has 0 aliphatic heterocycles. The normalized spacial score (nSPS) is 11.9. The second-order valence-electron chi connectivity index (χ2n) is 5.65. The Kier molecular flexibility index (Phi) is 6.15. The fourth-order valence-electron chi connectivity index (χ4n) is 2.19. The first-order chi connectivity index (χ1) is 11.1. The maximum atomic E-state index is 5.93. The predicted octanol–water partition coefficient (Wildman–Crippen LogP) is 4.36. The van der Waals surface area contributed by atoms with E-state index in [4.69, 9.17) is 14.2 Å². The molecule has 23 heavy (non-hydrogen) atoms. The smallest absolute Gasteiger partial charge is 0.161 e. The summed E-state index contributed by atoms with van der Waals surface area (Å²) in [5.41, 5.74) is 1.01. The third kappa shape index (κ3) is 5.40. The Bertz CT molecular complexity index is 613. The van der Waals surface area contributed by atoms with Crippen LogP contribution in [0.4, 0.5) is 5.69 Å². The zero-order valence-corrected chi connectivity index (χ0v) is 14.2. The van der Waals surface area contributed by atoms with E-state index in [1.54, 1.807) is 7.11 Å². The fourth-order valence-corrected chi connectivity index (χ4v) is 2.19. The third-order valence-electron chi connectivity index (χ3n) is 3.20. The van der Waals surface area contributed by atoms with Crippen LogP contribution in [0.2, 0.25) is 0 Å². The van der Waals surface area contributed by atoms with Crippen molar-refractivity contribution in [1.82, 2.24) is 0 Å². The van der Waals surface area contributed by atoms with Crippen LogP contribution in [0.3, 0.4) is 0 Å². The van der Waals surface area contributed by atoms with Crippen LogP contribution in [0.15, 0.2) is 48.5 Å². The van der Waals surface area contributed by atoms with Crippen LogP contribution in [-0.4, -0.2) is 25.9 Å². The topological polar surface area (TPSA) is 39.7 Å². The highest BCUT2D eigenvalue weighted by Crippen LogP contribution is 2.27. The Morgan fingerprint density at radius 3 is 2.35 bits per heavy atom. The molecule has 0 saturated heterocycles. The summed E-state index contributed by atoms with van der Waals surface area (Å²) in [6, 6.07) is 15.6. The van der Waals surface area contributed by atoms with Gasteiger partial charge in [0.25, 0.3) is 0 Å². The highest BCUT2D eigenvalue weighted by molar-refractivity contribution is 5.48. The van der Waals surface area contributed by atoms with Gasteiger partial charge in [-0.3, -0.25) is 0 Å². The van der Waals surface area contributed by atoms with Crippen molar-refractivity contribution >= 4 is 5.69 Å². The Morgan fingerprint density at radius 2 is 1.65 bits per heavy atom. The number of benzene rings is 2. The number of rotatable bonds is 8. The Balaban J connectivity index is 1.90. The van der Waals surface area contributed by atoms with Crippen LogP contribution in [0.5, 0.6) is 17.2 Å². The molecule has 0 unspecified atom stereocenters. The number of anilines is 1. The molecule has 2 aromatic rings. The minimum atomic E-state index is 0.000901. The molecular weight excluding hydrogens is 290 g/mol.